The van der Waals surface area contributed by atoms with Gasteiger partial charge < -0.3 is 0 Å². The molecule has 298 valence electrons. The van der Waals surface area contributed by atoms with Crippen molar-refractivity contribution in [3.8, 4) is 66.8 Å². The predicted octanol–water partition coefficient (Wildman–Crippen LogP) is 13.8. The molecule has 0 radical (unpaired) electrons. The van der Waals surface area contributed by atoms with E-state index in [-0.39, 0.29) is 5.41 Å². The van der Waals surface area contributed by atoms with Crippen LogP contribution in [0.25, 0.3) is 99.1 Å². The van der Waals surface area contributed by atoms with Gasteiger partial charge in [0, 0.05) is 5.41 Å². The van der Waals surface area contributed by atoms with Crippen LogP contribution < -0.4 is 20.7 Å². The zero-order chi connectivity index (χ0) is 42.3. The molecule has 2 aliphatic heterocycles. The maximum absolute atomic E-state index is 2.60. The minimum atomic E-state index is -2.59. The summed E-state index contributed by atoms with van der Waals surface area (Å²) in [6, 6.07) is 83.3. The van der Waals surface area contributed by atoms with Gasteiger partial charge in [-0.2, -0.15) is 0 Å². The quantitative estimate of drug-likeness (QED) is 0.123. The number of fused-ring (bicyclic) bond motifs is 17. The van der Waals surface area contributed by atoms with Gasteiger partial charge in [-0.1, -0.05) is 232 Å². The smallest absolute Gasteiger partial charge is 0.0623 e. The fourth-order valence-corrected chi connectivity index (χ4v) is 18.3. The Kier molecular flexibility index (Phi) is 7.30. The normalized spacial score (nSPS) is 14.3. The van der Waals surface area contributed by atoms with Crippen molar-refractivity contribution in [2.45, 2.75) is 19.3 Å². The van der Waals surface area contributed by atoms with Crippen LogP contribution >= 0.6 is 0 Å². The van der Waals surface area contributed by atoms with Gasteiger partial charge in [0.05, 0.1) is 0 Å². The highest BCUT2D eigenvalue weighted by Gasteiger charge is 2.54. The Morgan fingerprint density at radius 1 is 0.297 bits per heavy atom. The van der Waals surface area contributed by atoms with Crippen LogP contribution in [0.3, 0.4) is 0 Å². The highest BCUT2D eigenvalue weighted by atomic mass is 28.3. The van der Waals surface area contributed by atoms with Crippen molar-refractivity contribution in [1.29, 1.82) is 0 Å². The van der Waals surface area contributed by atoms with Crippen LogP contribution in [0.2, 0.25) is 0 Å². The molecule has 0 amide bonds. The third kappa shape index (κ3) is 4.57. The highest BCUT2D eigenvalue weighted by molar-refractivity contribution is 7.24. The summed E-state index contributed by atoms with van der Waals surface area (Å²) < 4.78 is 0. The summed E-state index contributed by atoms with van der Waals surface area (Å²) in [5.74, 6) is 0. The van der Waals surface area contributed by atoms with E-state index in [0.717, 1.165) is 0 Å². The largest absolute Gasteiger partial charge is 0.182 e. The first-order chi connectivity index (χ1) is 31.5. The van der Waals surface area contributed by atoms with Crippen molar-refractivity contribution in [1.82, 2.24) is 0 Å². The Bertz CT molecular complexity index is 3690. The summed E-state index contributed by atoms with van der Waals surface area (Å²) >= 11 is 0. The lowest BCUT2D eigenvalue weighted by atomic mass is 9.80. The van der Waals surface area contributed by atoms with Gasteiger partial charge in [-0.3, -0.25) is 0 Å². The first-order valence-corrected chi connectivity index (χ1v) is 24.7. The average Bonchev–Trinajstić information content (AvgIpc) is 3.91. The first kappa shape index (κ1) is 36.0. The summed E-state index contributed by atoms with van der Waals surface area (Å²) in [4.78, 5) is 0. The first-order valence-electron chi connectivity index (χ1n) is 22.7. The zero-order valence-corrected chi connectivity index (χ0v) is 36.8. The summed E-state index contributed by atoms with van der Waals surface area (Å²) in [7, 11) is -2.59. The number of rotatable bonds is 3. The van der Waals surface area contributed by atoms with Gasteiger partial charge in [-0.25, -0.2) is 0 Å². The lowest BCUT2D eigenvalue weighted by molar-refractivity contribution is 0.666. The second-order valence-electron chi connectivity index (χ2n) is 18.6. The van der Waals surface area contributed by atoms with Crippen LogP contribution in [-0.4, -0.2) is 8.07 Å². The SMILES string of the molecule is CC1(C)c2cccc(-c3ccc(-c4c5ccccc5c(-c5ccc6c(c5)[Si]5(c7ccccc7-c7ccccc75)c5ccccc5-6)c5ccccc45)cc3)c2-c2ccc3ccccc3c21. The van der Waals surface area contributed by atoms with Crippen molar-refractivity contribution < 1.29 is 0 Å². The number of benzene rings is 11. The van der Waals surface area contributed by atoms with E-state index in [1.165, 1.54) is 131 Å². The Labute approximate surface area is 374 Å². The number of hydrogen-bond donors (Lipinski definition) is 0. The van der Waals surface area contributed by atoms with Crippen LogP contribution in [0.1, 0.15) is 25.0 Å². The molecule has 1 heteroatoms. The molecular formula is C63H42Si. The van der Waals surface area contributed by atoms with Crippen LogP contribution in [0.5, 0.6) is 0 Å². The predicted molar refractivity (Wildman–Crippen MR) is 274 cm³/mol. The Morgan fingerprint density at radius 2 is 0.734 bits per heavy atom. The zero-order valence-electron chi connectivity index (χ0n) is 35.8. The third-order valence-electron chi connectivity index (χ3n) is 15.3. The molecule has 0 saturated heterocycles. The molecule has 2 heterocycles. The van der Waals surface area contributed by atoms with Crippen LogP contribution in [0, 0.1) is 0 Å². The minimum absolute atomic E-state index is 0.0985. The lowest BCUT2D eigenvalue weighted by Crippen LogP contribution is -2.70. The second-order valence-corrected chi connectivity index (χ2v) is 22.3. The molecule has 0 saturated carbocycles. The van der Waals surface area contributed by atoms with Crippen LogP contribution in [-0.2, 0) is 5.41 Å². The molecule has 1 aliphatic carbocycles. The van der Waals surface area contributed by atoms with E-state index in [0.29, 0.717) is 0 Å². The van der Waals surface area contributed by atoms with Crippen molar-refractivity contribution in [3.05, 3.63) is 230 Å². The van der Waals surface area contributed by atoms with E-state index in [2.05, 4.69) is 232 Å². The summed E-state index contributed by atoms with van der Waals surface area (Å²) in [6.07, 6.45) is 0. The van der Waals surface area contributed by atoms with Crippen molar-refractivity contribution >= 4 is 61.1 Å². The summed E-state index contributed by atoms with van der Waals surface area (Å²) in [6.45, 7) is 4.79. The van der Waals surface area contributed by atoms with Gasteiger partial charge in [0.15, 0.2) is 8.07 Å². The summed E-state index contributed by atoms with van der Waals surface area (Å²) in [5, 5.41) is 13.8. The van der Waals surface area contributed by atoms with Gasteiger partial charge in [-0.15, -0.1) is 0 Å². The minimum Gasteiger partial charge on any atom is -0.0623 e. The van der Waals surface area contributed by atoms with E-state index in [9.17, 15) is 0 Å². The maximum Gasteiger partial charge on any atom is 0.182 e. The molecule has 3 aliphatic rings. The highest BCUT2D eigenvalue weighted by Crippen LogP contribution is 2.54. The molecule has 14 rings (SSSR count). The molecule has 0 N–H and O–H groups in total. The fraction of sp³-hybridized carbons (Fsp3) is 0.0476. The van der Waals surface area contributed by atoms with Gasteiger partial charge in [0.25, 0.3) is 0 Å². The molecule has 11 aromatic carbocycles. The van der Waals surface area contributed by atoms with Gasteiger partial charge >= 0.3 is 0 Å². The van der Waals surface area contributed by atoms with E-state index in [4.69, 9.17) is 0 Å². The van der Waals surface area contributed by atoms with Gasteiger partial charge in [-0.05, 0) is 131 Å². The Morgan fingerprint density at radius 3 is 1.33 bits per heavy atom. The molecule has 0 nitrogen and oxygen atoms in total. The molecule has 11 aromatic rings. The van der Waals surface area contributed by atoms with E-state index in [1.54, 1.807) is 0 Å². The van der Waals surface area contributed by atoms with Crippen LogP contribution in [0.4, 0.5) is 0 Å². The second kappa shape index (κ2) is 13.0. The fourth-order valence-electron chi connectivity index (χ4n) is 12.7. The maximum atomic E-state index is 2.60. The van der Waals surface area contributed by atoms with Crippen molar-refractivity contribution in [3.63, 3.8) is 0 Å². The lowest BCUT2D eigenvalue weighted by Gasteiger charge is -2.28. The van der Waals surface area contributed by atoms with Crippen molar-refractivity contribution in [2.75, 3.05) is 0 Å². The molecule has 0 fully saturated rings. The third-order valence-corrected chi connectivity index (χ3v) is 20.2. The van der Waals surface area contributed by atoms with Gasteiger partial charge in [0.2, 0.25) is 0 Å². The van der Waals surface area contributed by atoms with E-state index >= 15 is 0 Å². The molecule has 0 aromatic heterocycles. The standard InChI is InChI=1S/C63H42Si/c1-63(2)54-26-15-25-43(61(54)53-37-34-39-16-3-4-17-44(39)62(53)63)40-30-32-41(33-31-40)59-49-21-5-7-23-51(49)60(52-24-8-6-22-50(52)59)42-35-36-48-47-20-11-14-29-57(47)64(58(48)38-42)55-27-12-9-18-45(55)46-19-10-13-28-56(46)64/h3-38H,1-2H3. The summed E-state index contributed by atoms with van der Waals surface area (Å²) in [5.41, 5.74) is 18.7. The van der Waals surface area contributed by atoms with Crippen LogP contribution in [0.15, 0.2) is 218 Å². The number of hydrogen-bond acceptors (Lipinski definition) is 0. The molecule has 64 heavy (non-hydrogen) atoms. The molecular weight excluding hydrogens is 785 g/mol. The molecule has 1 spiro atoms. The van der Waals surface area contributed by atoms with E-state index < -0.39 is 8.07 Å². The Balaban J connectivity index is 0.953. The van der Waals surface area contributed by atoms with E-state index in [1.807, 2.05) is 0 Å². The van der Waals surface area contributed by atoms with Gasteiger partial charge in [0.1, 0.15) is 0 Å². The molecule has 0 unspecified atom stereocenters. The topological polar surface area (TPSA) is 0 Å². The average molecular weight is 827 g/mol. The monoisotopic (exact) mass is 826 g/mol. The molecule has 0 atom stereocenters. The van der Waals surface area contributed by atoms with Crippen molar-refractivity contribution in [2.24, 2.45) is 0 Å². The Hall–Kier alpha value is -7.58. The molecule has 0 bridgehead atoms.